The molecule has 1 saturated heterocycles. The summed E-state index contributed by atoms with van der Waals surface area (Å²) in [5, 5.41) is 0. The summed E-state index contributed by atoms with van der Waals surface area (Å²) in [7, 11) is -3.33. The van der Waals surface area contributed by atoms with Crippen LogP contribution in [0.25, 0.3) is 0 Å². The number of aromatic nitrogens is 2. The number of aromatic amines is 1. The summed E-state index contributed by atoms with van der Waals surface area (Å²) in [6, 6.07) is 0. The minimum atomic E-state index is -3.33. The first-order valence-electron chi connectivity index (χ1n) is 10.8. The Morgan fingerprint density at radius 2 is 1.93 bits per heavy atom. The number of sulfonamides is 1. The van der Waals surface area contributed by atoms with E-state index in [0.717, 1.165) is 32.1 Å². The average molecular weight is 423 g/mol. The predicted molar refractivity (Wildman–Crippen MR) is 109 cm³/mol. The highest BCUT2D eigenvalue weighted by atomic mass is 32.2. The van der Waals surface area contributed by atoms with Crippen molar-refractivity contribution in [2.45, 2.75) is 64.3 Å². The van der Waals surface area contributed by atoms with Crippen LogP contribution >= 0.6 is 0 Å². The van der Waals surface area contributed by atoms with Crippen LogP contribution in [-0.2, 0) is 27.8 Å². The third-order valence-electron chi connectivity index (χ3n) is 6.65. The van der Waals surface area contributed by atoms with Gasteiger partial charge in [0.1, 0.15) is 5.82 Å². The number of nitrogens with zero attached hydrogens (tertiary/aromatic N) is 3. The normalized spacial score (nSPS) is 23.9. The first-order chi connectivity index (χ1) is 13.9. The molecule has 1 unspecified atom stereocenters. The molecule has 8 nitrogen and oxygen atoms in total. The van der Waals surface area contributed by atoms with Crippen LogP contribution in [0.15, 0.2) is 4.79 Å². The maximum Gasteiger partial charge on any atom is 0.255 e. The van der Waals surface area contributed by atoms with Crippen LogP contribution in [-0.4, -0.2) is 58.9 Å². The van der Waals surface area contributed by atoms with Gasteiger partial charge in [0, 0.05) is 44.4 Å². The summed E-state index contributed by atoms with van der Waals surface area (Å²) in [6.07, 6.45) is 6.73. The van der Waals surface area contributed by atoms with Gasteiger partial charge in [-0.05, 0) is 26.2 Å². The molecule has 0 aromatic carbocycles. The van der Waals surface area contributed by atoms with Crippen LogP contribution in [0, 0.1) is 5.92 Å². The minimum absolute atomic E-state index is 0.0265. The Bertz CT molecular complexity index is 936. The fraction of sp³-hybridized carbons (Fsp3) is 0.750. The lowest BCUT2D eigenvalue weighted by Gasteiger charge is -2.27. The number of amides is 1. The van der Waals surface area contributed by atoms with Gasteiger partial charge in [0.2, 0.25) is 15.9 Å². The van der Waals surface area contributed by atoms with Gasteiger partial charge in [-0.25, -0.2) is 13.4 Å². The Morgan fingerprint density at radius 3 is 2.66 bits per heavy atom. The van der Waals surface area contributed by atoms with Crippen molar-refractivity contribution >= 4 is 15.9 Å². The van der Waals surface area contributed by atoms with Crippen molar-refractivity contribution in [1.29, 1.82) is 0 Å². The standard InChI is InChI=1S/C20H30N4O4S/c1-2-29(27,28)24-11-9-17-16(13-24)19(25)22-18(21-17)15-8-10-23(12-15)20(26)14-6-4-3-5-7-14/h14-15H,2-13H2,1H3,(H,21,22,25). The molecule has 0 radical (unpaired) electrons. The Labute approximate surface area is 171 Å². The van der Waals surface area contributed by atoms with Crippen molar-refractivity contribution in [2.75, 3.05) is 25.4 Å². The quantitative estimate of drug-likeness (QED) is 0.789. The van der Waals surface area contributed by atoms with Gasteiger partial charge in [-0.2, -0.15) is 4.31 Å². The van der Waals surface area contributed by atoms with Crippen LogP contribution in [0.5, 0.6) is 0 Å². The molecular formula is C20H30N4O4S. The zero-order chi connectivity index (χ0) is 20.6. The van der Waals surface area contributed by atoms with E-state index in [-0.39, 0.29) is 35.6 Å². The van der Waals surface area contributed by atoms with Crippen molar-refractivity contribution in [2.24, 2.45) is 5.92 Å². The van der Waals surface area contributed by atoms with Gasteiger partial charge < -0.3 is 9.88 Å². The number of likely N-dealkylation sites (tertiary alicyclic amines) is 1. The molecule has 1 amide bonds. The van der Waals surface area contributed by atoms with Crippen molar-refractivity contribution in [1.82, 2.24) is 19.2 Å². The Kier molecular flexibility index (Phi) is 5.79. The molecule has 1 aromatic rings. The van der Waals surface area contributed by atoms with E-state index in [1.165, 1.54) is 10.7 Å². The van der Waals surface area contributed by atoms with Gasteiger partial charge in [-0.1, -0.05) is 19.3 Å². The topological polar surface area (TPSA) is 103 Å². The van der Waals surface area contributed by atoms with Gasteiger partial charge in [0.15, 0.2) is 0 Å². The molecule has 3 heterocycles. The SMILES string of the molecule is CCS(=O)(=O)N1CCc2nc(C3CCN(C(=O)C4CCCCC4)C3)[nH]c(=O)c2C1. The van der Waals surface area contributed by atoms with Gasteiger partial charge in [-0.15, -0.1) is 0 Å². The van der Waals surface area contributed by atoms with Crippen molar-refractivity contribution in [3.8, 4) is 0 Å². The van der Waals surface area contributed by atoms with Crippen LogP contribution in [0.2, 0.25) is 0 Å². The number of nitrogens with one attached hydrogen (secondary N) is 1. The second-order valence-corrected chi connectivity index (χ2v) is 10.7. The average Bonchev–Trinajstić information content (AvgIpc) is 3.24. The molecule has 1 aliphatic carbocycles. The molecule has 1 N–H and O–H groups in total. The molecule has 2 aliphatic heterocycles. The molecule has 1 atom stereocenters. The number of H-pyrrole nitrogens is 1. The zero-order valence-corrected chi connectivity index (χ0v) is 17.8. The fourth-order valence-electron chi connectivity index (χ4n) is 4.82. The van der Waals surface area contributed by atoms with E-state index < -0.39 is 10.0 Å². The van der Waals surface area contributed by atoms with E-state index in [9.17, 15) is 18.0 Å². The van der Waals surface area contributed by atoms with Crippen molar-refractivity contribution in [3.63, 3.8) is 0 Å². The molecule has 9 heteroatoms. The zero-order valence-electron chi connectivity index (χ0n) is 17.0. The highest BCUT2D eigenvalue weighted by Gasteiger charge is 2.34. The molecular weight excluding hydrogens is 392 g/mol. The van der Waals surface area contributed by atoms with E-state index in [1.807, 2.05) is 4.90 Å². The number of hydrogen-bond acceptors (Lipinski definition) is 5. The summed E-state index contributed by atoms with van der Waals surface area (Å²) in [4.78, 5) is 35.0. The molecule has 3 aliphatic rings. The molecule has 160 valence electrons. The van der Waals surface area contributed by atoms with E-state index in [1.54, 1.807) is 6.92 Å². The lowest BCUT2D eigenvalue weighted by molar-refractivity contribution is -0.135. The first-order valence-corrected chi connectivity index (χ1v) is 12.4. The third-order valence-corrected chi connectivity index (χ3v) is 8.48. The fourth-order valence-corrected chi connectivity index (χ4v) is 5.88. The molecule has 2 fully saturated rings. The minimum Gasteiger partial charge on any atom is -0.342 e. The summed E-state index contributed by atoms with van der Waals surface area (Å²) in [6.45, 7) is 3.37. The van der Waals surface area contributed by atoms with Gasteiger partial charge in [0.05, 0.1) is 17.0 Å². The molecule has 0 bridgehead atoms. The van der Waals surface area contributed by atoms with Gasteiger partial charge >= 0.3 is 0 Å². The second kappa shape index (κ2) is 8.18. The van der Waals surface area contributed by atoms with E-state index in [4.69, 9.17) is 0 Å². The van der Waals surface area contributed by atoms with E-state index >= 15 is 0 Å². The second-order valence-electron chi connectivity index (χ2n) is 8.47. The highest BCUT2D eigenvalue weighted by molar-refractivity contribution is 7.89. The van der Waals surface area contributed by atoms with E-state index in [2.05, 4.69) is 9.97 Å². The van der Waals surface area contributed by atoms with Crippen LogP contribution in [0.4, 0.5) is 0 Å². The van der Waals surface area contributed by atoms with Crippen molar-refractivity contribution in [3.05, 3.63) is 27.4 Å². The van der Waals surface area contributed by atoms with E-state index in [0.29, 0.717) is 43.1 Å². The van der Waals surface area contributed by atoms with Gasteiger partial charge in [-0.3, -0.25) is 9.59 Å². The smallest absolute Gasteiger partial charge is 0.255 e. The Balaban J connectivity index is 1.48. The molecule has 1 aromatic heterocycles. The number of rotatable bonds is 4. The van der Waals surface area contributed by atoms with Crippen LogP contribution in [0.3, 0.4) is 0 Å². The lowest BCUT2D eigenvalue weighted by Crippen LogP contribution is -2.40. The highest BCUT2D eigenvalue weighted by Crippen LogP contribution is 2.30. The maximum atomic E-state index is 12.8. The maximum absolute atomic E-state index is 12.8. The van der Waals surface area contributed by atoms with Crippen LogP contribution < -0.4 is 5.56 Å². The van der Waals surface area contributed by atoms with Gasteiger partial charge in [0.25, 0.3) is 5.56 Å². The van der Waals surface area contributed by atoms with Crippen LogP contribution in [0.1, 0.15) is 68.4 Å². The molecule has 1 saturated carbocycles. The monoisotopic (exact) mass is 422 g/mol. The predicted octanol–water partition coefficient (Wildman–Crippen LogP) is 1.37. The largest absolute Gasteiger partial charge is 0.342 e. The molecule has 29 heavy (non-hydrogen) atoms. The summed E-state index contributed by atoms with van der Waals surface area (Å²) in [5.41, 5.74) is 0.895. The Hall–Kier alpha value is -1.74. The number of hydrogen-bond donors (Lipinski definition) is 1. The summed E-state index contributed by atoms with van der Waals surface area (Å²) < 4.78 is 25.6. The number of carbonyl (C=O) groups is 1. The number of carbonyl (C=O) groups excluding carboxylic acids is 1. The summed E-state index contributed by atoms with van der Waals surface area (Å²) >= 11 is 0. The van der Waals surface area contributed by atoms with Crippen molar-refractivity contribution < 1.29 is 13.2 Å². The Morgan fingerprint density at radius 1 is 1.17 bits per heavy atom. The lowest BCUT2D eigenvalue weighted by atomic mass is 9.88. The third kappa shape index (κ3) is 4.12. The summed E-state index contributed by atoms with van der Waals surface area (Å²) in [5.74, 6) is 1.12. The number of fused-ring (bicyclic) bond motifs is 1. The first kappa shape index (κ1) is 20.5. The molecule has 0 spiro atoms. The molecule has 4 rings (SSSR count).